The molecule has 1 nitrogen and oxygen atoms in total. The second-order valence-electron chi connectivity index (χ2n) is 2.76. The van der Waals surface area contributed by atoms with Crippen molar-refractivity contribution in [2.75, 3.05) is 0 Å². The zero-order valence-electron chi connectivity index (χ0n) is 7.20. The van der Waals surface area contributed by atoms with Gasteiger partial charge < -0.3 is 0 Å². The van der Waals surface area contributed by atoms with Crippen molar-refractivity contribution in [3.05, 3.63) is 51.2 Å². The van der Waals surface area contributed by atoms with E-state index in [1.165, 1.54) is 13.3 Å². The van der Waals surface area contributed by atoms with E-state index >= 15 is 0 Å². The Bertz CT molecular complexity index is 479. The molecule has 1 heterocycles. The molecule has 14 heavy (non-hydrogen) atoms. The predicted octanol–water partition coefficient (Wildman–Crippen LogP) is 3.72. The number of halogens is 1. The molecule has 0 amide bonds. The molecule has 2 aromatic rings. The molecule has 0 fully saturated rings. The van der Waals surface area contributed by atoms with Crippen LogP contribution in [0.4, 0.5) is 5.69 Å². The average Bonchev–Trinajstić information content (AvgIpc) is 2.65. The summed E-state index contributed by atoms with van der Waals surface area (Å²) in [5.74, 6) is 0. The minimum atomic E-state index is 0.402. The van der Waals surface area contributed by atoms with Crippen molar-refractivity contribution in [1.82, 2.24) is 0 Å². The van der Waals surface area contributed by atoms with Crippen LogP contribution >= 0.6 is 15.9 Å². The number of rotatable bonds is 1. The number of nitrogens with zero attached hydrogens (tertiary/aromatic N) is 1. The van der Waals surface area contributed by atoms with Gasteiger partial charge in [0.05, 0.1) is 0 Å². The van der Waals surface area contributed by atoms with Gasteiger partial charge in [-0.05, 0) is 0 Å². The summed E-state index contributed by atoms with van der Waals surface area (Å²) in [5.41, 5.74) is 1.93. The molecule has 0 saturated carbocycles. The summed E-state index contributed by atoms with van der Waals surface area (Å²) in [6.07, 6.45) is 0. The minimum absolute atomic E-state index is 0.402. The third-order valence-electron chi connectivity index (χ3n) is 1.85. The molecule has 0 atom stereocenters. The Morgan fingerprint density at radius 1 is 1.07 bits per heavy atom. The SMILES string of the molecule is [C-]#[N+]c1ccc(-c2ccc(Br)[se]2)cc1. The van der Waals surface area contributed by atoms with Crippen LogP contribution in [-0.2, 0) is 0 Å². The molecular formula is C11H6BrNSe. The summed E-state index contributed by atoms with van der Waals surface area (Å²) in [6.45, 7) is 6.85. The van der Waals surface area contributed by atoms with E-state index in [0.717, 1.165) is 0 Å². The first kappa shape index (κ1) is 9.73. The fraction of sp³-hybridized carbons (Fsp3) is 0. The first-order valence-electron chi connectivity index (χ1n) is 4.03. The van der Waals surface area contributed by atoms with Gasteiger partial charge in [-0.3, -0.25) is 0 Å². The predicted molar refractivity (Wildman–Crippen MR) is 62.8 cm³/mol. The summed E-state index contributed by atoms with van der Waals surface area (Å²) >= 11 is 3.89. The van der Waals surface area contributed by atoms with E-state index in [0.29, 0.717) is 20.2 Å². The summed E-state index contributed by atoms with van der Waals surface area (Å²) in [4.78, 5) is 3.37. The Balaban J connectivity index is 2.39. The van der Waals surface area contributed by atoms with E-state index in [9.17, 15) is 0 Å². The van der Waals surface area contributed by atoms with E-state index in [4.69, 9.17) is 6.57 Å². The van der Waals surface area contributed by atoms with E-state index in [2.05, 4.69) is 32.9 Å². The number of hydrogen-bond donors (Lipinski definition) is 0. The number of hydrogen-bond acceptors (Lipinski definition) is 0. The monoisotopic (exact) mass is 311 g/mol. The van der Waals surface area contributed by atoms with Crippen molar-refractivity contribution in [2.45, 2.75) is 0 Å². The topological polar surface area (TPSA) is 4.36 Å². The van der Waals surface area contributed by atoms with Crippen LogP contribution in [0, 0.1) is 6.57 Å². The van der Waals surface area contributed by atoms with Crippen molar-refractivity contribution < 1.29 is 0 Å². The molecule has 0 radical (unpaired) electrons. The molecule has 0 N–H and O–H groups in total. The normalized spacial score (nSPS) is 9.71. The molecule has 0 spiro atoms. The summed E-state index contributed by atoms with van der Waals surface area (Å²) in [7, 11) is 0. The van der Waals surface area contributed by atoms with Crippen LogP contribution in [0.25, 0.3) is 14.8 Å². The van der Waals surface area contributed by atoms with Crippen molar-refractivity contribution in [2.24, 2.45) is 0 Å². The Hall–Kier alpha value is -0.811. The maximum absolute atomic E-state index is 6.85. The Morgan fingerprint density at radius 3 is 2.29 bits per heavy atom. The fourth-order valence-electron chi connectivity index (χ4n) is 1.17. The Morgan fingerprint density at radius 2 is 1.79 bits per heavy atom. The molecule has 2 rings (SSSR count). The first-order valence-corrected chi connectivity index (χ1v) is 6.53. The van der Waals surface area contributed by atoms with Gasteiger partial charge in [0.15, 0.2) is 0 Å². The van der Waals surface area contributed by atoms with E-state index < -0.39 is 0 Å². The molecule has 0 aliphatic carbocycles. The van der Waals surface area contributed by atoms with E-state index in [1.54, 1.807) is 0 Å². The van der Waals surface area contributed by atoms with Crippen LogP contribution in [0.2, 0.25) is 0 Å². The quantitative estimate of drug-likeness (QED) is 0.558. The molecule has 0 aliphatic heterocycles. The van der Waals surface area contributed by atoms with Crippen LogP contribution in [0.3, 0.4) is 0 Å². The van der Waals surface area contributed by atoms with Crippen LogP contribution in [0.15, 0.2) is 39.7 Å². The molecule has 68 valence electrons. The zero-order chi connectivity index (χ0) is 9.97. The summed E-state index contributed by atoms with van der Waals surface area (Å²) in [5, 5.41) is 0. The van der Waals surface area contributed by atoms with Crippen molar-refractivity contribution in [3.8, 4) is 10.0 Å². The summed E-state index contributed by atoms with van der Waals surface area (Å²) < 4.78 is 2.63. The second-order valence-corrected chi connectivity index (χ2v) is 7.07. The Labute approximate surface area is 97.1 Å². The van der Waals surface area contributed by atoms with Crippen molar-refractivity contribution in [3.63, 3.8) is 0 Å². The zero-order valence-corrected chi connectivity index (χ0v) is 10.5. The van der Waals surface area contributed by atoms with Crippen LogP contribution in [-0.4, -0.2) is 14.5 Å². The maximum atomic E-state index is 6.85. The fourth-order valence-corrected chi connectivity index (χ4v) is 3.75. The van der Waals surface area contributed by atoms with Gasteiger partial charge in [0.1, 0.15) is 0 Å². The third-order valence-corrected chi connectivity index (χ3v) is 4.90. The molecule has 1 aromatic carbocycles. The average molecular weight is 311 g/mol. The van der Waals surface area contributed by atoms with Gasteiger partial charge in [0.25, 0.3) is 0 Å². The number of benzene rings is 1. The van der Waals surface area contributed by atoms with Gasteiger partial charge in [-0.2, -0.15) is 0 Å². The first-order chi connectivity index (χ1) is 6.79. The summed E-state index contributed by atoms with van der Waals surface area (Å²) in [6, 6.07) is 12.0. The molecule has 0 saturated heterocycles. The van der Waals surface area contributed by atoms with E-state index in [-0.39, 0.29) is 0 Å². The molecule has 1 aromatic heterocycles. The van der Waals surface area contributed by atoms with Crippen LogP contribution < -0.4 is 0 Å². The molecular weight excluding hydrogens is 305 g/mol. The van der Waals surface area contributed by atoms with Crippen molar-refractivity contribution >= 4 is 36.1 Å². The van der Waals surface area contributed by atoms with Crippen LogP contribution in [0.5, 0.6) is 0 Å². The van der Waals surface area contributed by atoms with Gasteiger partial charge in [0.2, 0.25) is 0 Å². The second kappa shape index (κ2) is 4.14. The molecule has 0 aliphatic rings. The van der Waals surface area contributed by atoms with Gasteiger partial charge in [-0.25, -0.2) is 0 Å². The Kier molecular flexibility index (Phi) is 2.88. The molecule has 0 bridgehead atoms. The molecule has 3 heteroatoms. The third kappa shape index (κ3) is 1.99. The van der Waals surface area contributed by atoms with Crippen LogP contribution in [0.1, 0.15) is 0 Å². The van der Waals surface area contributed by atoms with Gasteiger partial charge in [-0.15, -0.1) is 0 Å². The van der Waals surface area contributed by atoms with Gasteiger partial charge in [-0.1, -0.05) is 0 Å². The molecule has 0 unspecified atom stereocenters. The van der Waals surface area contributed by atoms with Gasteiger partial charge >= 0.3 is 97.3 Å². The van der Waals surface area contributed by atoms with Crippen molar-refractivity contribution in [1.29, 1.82) is 0 Å². The van der Waals surface area contributed by atoms with E-state index in [1.807, 2.05) is 24.3 Å². The van der Waals surface area contributed by atoms with Gasteiger partial charge in [0, 0.05) is 0 Å². The standard InChI is InChI=1S/C11H6BrNSe/c1-13-9-4-2-8(3-5-9)10-6-7-11(12)14-10/h2-7H.